The van der Waals surface area contributed by atoms with Crippen molar-refractivity contribution in [2.75, 3.05) is 10.2 Å². The first-order valence-electron chi connectivity index (χ1n) is 6.42. The van der Waals surface area contributed by atoms with E-state index in [0.29, 0.717) is 11.2 Å². The molecule has 1 aromatic rings. The standard InChI is InChI=1S/C13H16ClN3O/c1-8-13(18)15-10-6-7-11(14)16-12(10)17(8)9-4-2-3-5-9/h6-9H,2-5H2,1H3,(H,15,18)/t8-/m0/s1. The summed E-state index contributed by atoms with van der Waals surface area (Å²) < 4.78 is 0. The highest BCUT2D eigenvalue weighted by atomic mass is 35.5. The number of amides is 1. The number of rotatable bonds is 1. The average Bonchev–Trinajstić information content (AvgIpc) is 2.85. The van der Waals surface area contributed by atoms with Gasteiger partial charge in [-0.1, -0.05) is 24.4 Å². The van der Waals surface area contributed by atoms with Crippen LogP contribution in [0.3, 0.4) is 0 Å². The lowest BCUT2D eigenvalue weighted by atomic mass is 10.1. The fourth-order valence-electron chi connectivity index (χ4n) is 2.94. The monoisotopic (exact) mass is 265 g/mol. The highest BCUT2D eigenvalue weighted by Gasteiger charge is 2.36. The van der Waals surface area contributed by atoms with E-state index in [0.717, 1.165) is 24.3 Å². The van der Waals surface area contributed by atoms with E-state index >= 15 is 0 Å². The Kier molecular flexibility index (Phi) is 2.90. The molecular formula is C13H16ClN3O. The van der Waals surface area contributed by atoms with Gasteiger partial charge in [0, 0.05) is 6.04 Å². The fourth-order valence-corrected chi connectivity index (χ4v) is 3.08. The molecule has 18 heavy (non-hydrogen) atoms. The minimum atomic E-state index is -0.174. The molecule has 4 nitrogen and oxygen atoms in total. The van der Waals surface area contributed by atoms with Crippen molar-refractivity contribution in [1.29, 1.82) is 0 Å². The molecule has 1 fully saturated rings. The van der Waals surface area contributed by atoms with Crippen LogP contribution in [0.2, 0.25) is 5.15 Å². The van der Waals surface area contributed by atoms with E-state index in [1.165, 1.54) is 12.8 Å². The van der Waals surface area contributed by atoms with E-state index < -0.39 is 0 Å². The number of nitrogens with zero attached hydrogens (tertiary/aromatic N) is 2. The molecule has 1 amide bonds. The van der Waals surface area contributed by atoms with Crippen LogP contribution in [0.15, 0.2) is 12.1 Å². The van der Waals surface area contributed by atoms with Crippen LogP contribution in [0.4, 0.5) is 11.5 Å². The smallest absolute Gasteiger partial charge is 0.246 e. The number of carbonyl (C=O) groups excluding carboxylic acids is 1. The quantitative estimate of drug-likeness (QED) is 0.794. The molecule has 5 heteroatoms. The van der Waals surface area contributed by atoms with Crippen molar-refractivity contribution in [3.8, 4) is 0 Å². The molecule has 2 aliphatic rings. The van der Waals surface area contributed by atoms with Gasteiger partial charge in [0.1, 0.15) is 11.2 Å². The summed E-state index contributed by atoms with van der Waals surface area (Å²) in [5, 5.41) is 3.36. The predicted molar refractivity (Wildman–Crippen MR) is 72.1 cm³/mol. The summed E-state index contributed by atoms with van der Waals surface area (Å²) in [6, 6.07) is 3.78. The molecule has 1 aliphatic carbocycles. The first-order chi connectivity index (χ1) is 8.66. The van der Waals surface area contributed by atoms with Crippen LogP contribution in [-0.2, 0) is 4.79 Å². The lowest BCUT2D eigenvalue weighted by molar-refractivity contribution is -0.117. The summed E-state index contributed by atoms with van der Waals surface area (Å²) >= 11 is 5.98. The predicted octanol–water partition coefficient (Wildman–Crippen LogP) is 2.82. The highest BCUT2D eigenvalue weighted by molar-refractivity contribution is 6.29. The van der Waals surface area contributed by atoms with Gasteiger partial charge in [-0.3, -0.25) is 4.79 Å². The molecule has 1 aliphatic heterocycles. The highest BCUT2D eigenvalue weighted by Crippen LogP contribution is 2.37. The van der Waals surface area contributed by atoms with Crippen molar-refractivity contribution in [1.82, 2.24) is 4.98 Å². The number of halogens is 1. The molecule has 0 aromatic carbocycles. The van der Waals surface area contributed by atoms with Gasteiger partial charge in [0.25, 0.3) is 0 Å². The fraction of sp³-hybridized carbons (Fsp3) is 0.538. The molecule has 0 spiro atoms. The van der Waals surface area contributed by atoms with Gasteiger partial charge in [0.05, 0.1) is 5.69 Å². The van der Waals surface area contributed by atoms with E-state index in [-0.39, 0.29) is 11.9 Å². The van der Waals surface area contributed by atoms with Gasteiger partial charge in [0.2, 0.25) is 5.91 Å². The molecule has 1 saturated carbocycles. The Bertz CT molecular complexity index is 485. The number of nitrogens with one attached hydrogen (secondary N) is 1. The summed E-state index contributed by atoms with van der Waals surface area (Å²) in [4.78, 5) is 18.5. The van der Waals surface area contributed by atoms with Crippen LogP contribution in [0, 0.1) is 0 Å². The maximum Gasteiger partial charge on any atom is 0.246 e. The number of hydrogen-bond acceptors (Lipinski definition) is 3. The van der Waals surface area contributed by atoms with Crippen LogP contribution in [0.1, 0.15) is 32.6 Å². The lowest BCUT2D eigenvalue weighted by Crippen LogP contribution is -2.51. The Hall–Kier alpha value is -1.29. The molecule has 0 radical (unpaired) electrons. The van der Waals surface area contributed by atoms with Gasteiger partial charge < -0.3 is 10.2 Å². The maximum atomic E-state index is 12.0. The molecule has 1 atom stereocenters. The zero-order valence-corrected chi connectivity index (χ0v) is 11.1. The first-order valence-corrected chi connectivity index (χ1v) is 6.80. The number of carbonyl (C=O) groups is 1. The van der Waals surface area contributed by atoms with E-state index in [9.17, 15) is 4.79 Å². The van der Waals surface area contributed by atoms with Gasteiger partial charge >= 0.3 is 0 Å². The van der Waals surface area contributed by atoms with Crippen molar-refractivity contribution < 1.29 is 4.79 Å². The molecule has 2 heterocycles. The normalized spacial score (nSPS) is 24.0. The van der Waals surface area contributed by atoms with Crippen molar-refractivity contribution in [2.45, 2.75) is 44.7 Å². The van der Waals surface area contributed by atoms with Gasteiger partial charge in [-0.05, 0) is 31.9 Å². The van der Waals surface area contributed by atoms with E-state index in [1.54, 1.807) is 6.07 Å². The Morgan fingerprint density at radius 3 is 2.83 bits per heavy atom. The second-order valence-electron chi connectivity index (χ2n) is 5.02. The van der Waals surface area contributed by atoms with Crippen LogP contribution >= 0.6 is 11.6 Å². The summed E-state index contributed by atoms with van der Waals surface area (Å²) in [5.41, 5.74) is 0.773. The third kappa shape index (κ3) is 1.85. The van der Waals surface area contributed by atoms with Crippen molar-refractivity contribution in [3.63, 3.8) is 0 Å². The second kappa shape index (κ2) is 4.43. The molecule has 1 N–H and O–H groups in total. The van der Waals surface area contributed by atoms with Crippen molar-refractivity contribution in [2.24, 2.45) is 0 Å². The second-order valence-corrected chi connectivity index (χ2v) is 5.40. The molecule has 1 aromatic heterocycles. The van der Waals surface area contributed by atoms with Crippen molar-refractivity contribution >= 4 is 29.0 Å². The Labute approximate surface area is 111 Å². The van der Waals surface area contributed by atoms with Gasteiger partial charge in [-0.2, -0.15) is 0 Å². The number of hydrogen-bond donors (Lipinski definition) is 1. The zero-order chi connectivity index (χ0) is 12.7. The van der Waals surface area contributed by atoms with Crippen molar-refractivity contribution in [3.05, 3.63) is 17.3 Å². The van der Waals surface area contributed by atoms with Crippen LogP contribution < -0.4 is 10.2 Å². The Morgan fingerprint density at radius 1 is 1.39 bits per heavy atom. The van der Waals surface area contributed by atoms with Gasteiger partial charge in [0.15, 0.2) is 5.82 Å². The third-order valence-corrected chi connectivity index (χ3v) is 4.07. The molecule has 0 bridgehead atoms. The molecule has 96 valence electrons. The zero-order valence-electron chi connectivity index (χ0n) is 10.3. The van der Waals surface area contributed by atoms with Gasteiger partial charge in [-0.15, -0.1) is 0 Å². The third-order valence-electron chi connectivity index (χ3n) is 3.86. The number of fused-ring (bicyclic) bond motifs is 1. The first kappa shape index (κ1) is 11.8. The molecule has 0 unspecified atom stereocenters. The summed E-state index contributed by atoms with van der Waals surface area (Å²) in [6.45, 7) is 1.93. The van der Waals surface area contributed by atoms with Crippen LogP contribution in [-0.4, -0.2) is 23.0 Å². The maximum absolute atomic E-state index is 12.0. The Balaban J connectivity index is 2.05. The van der Waals surface area contributed by atoms with Crippen LogP contribution in [0.5, 0.6) is 0 Å². The van der Waals surface area contributed by atoms with E-state index in [1.807, 2.05) is 13.0 Å². The SMILES string of the molecule is C[C@H]1C(=O)Nc2ccc(Cl)nc2N1C1CCCC1. The average molecular weight is 266 g/mol. The minimum Gasteiger partial charge on any atom is -0.340 e. The molecule has 0 saturated heterocycles. The van der Waals surface area contributed by atoms with Crippen LogP contribution in [0.25, 0.3) is 0 Å². The van der Waals surface area contributed by atoms with Gasteiger partial charge in [-0.25, -0.2) is 4.98 Å². The topological polar surface area (TPSA) is 45.2 Å². The van der Waals surface area contributed by atoms with E-state index in [4.69, 9.17) is 11.6 Å². The number of aromatic nitrogens is 1. The summed E-state index contributed by atoms with van der Waals surface area (Å²) in [5.74, 6) is 0.861. The summed E-state index contributed by atoms with van der Waals surface area (Å²) in [6.07, 6.45) is 4.72. The lowest BCUT2D eigenvalue weighted by Gasteiger charge is -2.39. The van der Waals surface area contributed by atoms with E-state index in [2.05, 4.69) is 15.2 Å². The minimum absolute atomic E-state index is 0.0403. The largest absolute Gasteiger partial charge is 0.340 e. The molecular weight excluding hydrogens is 250 g/mol. The number of anilines is 2. The summed E-state index contributed by atoms with van der Waals surface area (Å²) in [7, 11) is 0. The molecule has 3 rings (SSSR count). The number of pyridine rings is 1. The Morgan fingerprint density at radius 2 is 2.11 bits per heavy atom.